The molecular weight excluding hydrogens is 334 g/mol. The van der Waals surface area contributed by atoms with E-state index >= 15 is 0 Å². The lowest BCUT2D eigenvalue weighted by molar-refractivity contribution is 0.0952. The van der Waals surface area contributed by atoms with E-state index in [9.17, 15) is 9.59 Å². The van der Waals surface area contributed by atoms with Crippen molar-refractivity contribution in [3.63, 3.8) is 0 Å². The second kappa shape index (κ2) is 7.22. The average Bonchev–Trinajstić information content (AvgIpc) is 3.29. The van der Waals surface area contributed by atoms with E-state index < -0.39 is 0 Å². The highest BCUT2D eigenvalue weighted by Gasteiger charge is 2.26. The van der Waals surface area contributed by atoms with Crippen molar-refractivity contribution in [2.45, 2.75) is 36.4 Å². The predicted molar refractivity (Wildman–Crippen MR) is 89.2 cm³/mol. The number of aromatic nitrogens is 4. The quantitative estimate of drug-likeness (QED) is 0.582. The van der Waals surface area contributed by atoms with Gasteiger partial charge in [-0.15, -0.1) is 10.2 Å². The van der Waals surface area contributed by atoms with Crippen molar-refractivity contribution in [1.82, 2.24) is 25.5 Å². The van der Waals surface area contributed by atoms with E-state index in [-0.39, 0.29) is 17.0 Å². The van der Waals surface area contributed by atoms with Gasteiger partial charge in [-0.25, -0.2) is 4.98 Å². The average molecular weight is 351 g/mol. The highest BCUT2D eigenvalue weighted by Crippen LogP contribution is 2.37. The van der Waals surface area contributed by atoms with Gasteiger partial charge < -0.3 is 10.3 Å². The molecule has 7 nitrogen and oxygen atoms in total. The maximum atomic E-state index is 12.0. The largest absolute Gasteiger partial charge is 0.352 e. The number of carbonyl (C=O) groups is 1. The molecule has 1 amide bonds. The summed E-state index contributed by atoms with van der Waals surface area (Å²) in [6.45, 7) is 2.43. The van der Waals surface area contributed by atoms with Crippen LogP contribution in [0.2, 0.25) is 0 Å². The van der Waals surface area contributed by atoms with Crippen LogP contribution in [0.15, 0.2) is 15.3 Å². The minimum atomic E-state index is -0.377. The van der Waals surface area contributed by atoms with E-state index in [4.69, 9.17) is 0 Å². The number of H-pyrrole nitrogens is 1. The molecule has 2 heterocycles. The molecule has 2 aromatic rings. The number of aromatic amines is 1. The molecular formula is C14H17N5O2S2. The molecule has 0 spiro atoms. The first kappa shape index (κ1) is 16.1. The first-order chi connectivity index (χ1) is 11.1. The first-order valence-electron chi connectivity index (χ1n) is 7.44. The second-order valence-corrected chi connectivity index (χ2v) is 7.85. The molecule has 122 valence electrons. The number of hydrogen-bond acceptors (Lipinski definition) is 7. The van der Waals surface area contributed by atoms with Gasteiger partial charge in [-0.3, -0.25) is 9.59 Å². The van der Waals surface area contributed by atoms with E-state index in [0.29, 0.717) is 18.3 Å². The SMILES string of the molecule is Cc1nnc(SCCCNC(=O)c2cnc(C3CC3)[nH]c2=O)s1. The van der Waals surface area contributed by atoms with Gasteiger partial charge in [0.05, 0.1) is 0 Å². The van der Waals surface area contributed by atoms with Crippen LogP contribution in [0.5, 0.6) is 0 Å². The summed E-state index contributed by atoms with van der Waals surface area (Å²) in [6, 6.07) is 0. The first-order valence-corrected chi connectivity index (χ1v) is 9.24. The number of thioether (sulfide) groups is 1. The number of aryl methyl sites for hydroxylation is 1. The summed E-state index contributed by atoms with van der Waals surface area (Å²) >= 11 is 3.18. The number of rotatable bonds is 7. The zero-order valence-electron chi connectivity index (χ0n) is 12.7. The topological polar surface area (TPSA) is 101 Å². The van der Waals surface area contributed by atoms with E-state index in [1.54, 1.807) is 23.1 Å². The highest BCUT2D eigenvalue weighted by atomic mass is 32.2. The van der Waals surface area contributed by atoms with Crippen LogP contribution in [0.3, 0.4) is 0 Å². The van der Waals surface area contributed by atoms with Crippen LogP contribution in [0.4, 0.5) is 0 Å². The fourth-order valence-corrected chi connectivity index (χ4v) is 3.83. The Labute approximate surface area is 141 Å². The van der Waals surface area contributed by atoms with E-state index in [0.717, 1.165) is 34.4 Å². The van der Waals surface area contributed by atoms with Crippen LogP contribution in [-0.2, 0) is 0 Å². The third kappa shape index (κ3) is 4.38. The van der Waals surface area contributed by atoms with Gasteiger partial charge >= 0.3 is 0 Å². The Morgan fingerprint density at radius 3 is 2.96 bits per heavy atom. The van der Waals surface area contributed by atoms with Crippen LogP contribution < -0.4 is 10.9 Å². The van der Waals surface area contributed by atoms with Crippen LogP contribution in [0.25, 0.3) is 0 Å². The summed E-state index contributed by atoms with van der Waals surface area (Å²) in [5, 5.41) is 11.7. The summed E-state index contributed by atoms with van der Waals surface area (Å²) in [7, 11) is 0. The van der Waals surface area contributed by atoms with E-state index in [1.165, 1.54) is 6.20 Å². The molecule has 0 aliphatic heterocycles. The van der Waals surface area contributed by atoms with Gasteiger partial charge in [0, 0.05) is 24.4 Å². The third-order valence-electron chi connectivity index (χ3n) is 3.37. The van der Waals surface area contributed by atoms with Crippen molar-refractivity contribution in [1.29, 1.82) is 0 Å². The highest BCUT2D eigenvalue weighted by molar-refractivity contribution is 8.01. The Morgan fingerprint density at radius 2 is 2.30 bits per heavy atom. The van der Waals surface area contributed by atoms with Crippen LogP contribution in [0.1, 0.15) is 46.4 Å². The number of amides is 1. The molecule has 0 atom stereocenters. The van der Waals surface area contributed by atoms with Crippen LogP contribution in [0, 0.1) is 6.92 Å². The minimum absolute atomic E-state index is 0.0711. The summed E-state index contributed by atoms with van der Waals surface area (Å²) < 4.78 is 0.935. The molecule has 1 aliphatic carbocycles. The maximum absolute atomic E-state index is 12.0. The number of nitrogens with one attached hydrogen (secondary N) is 2. The molecule has 0 radical (unpaired) electrons. The molecule has 2 N–H and O–H groups in total. The monoisotopic (exact) mass is 351 g/mol. The summed E-state index contributed by atoms with van der Waals surface area (Å²) in [4.78, 5) is 30.8. The third-order valence-corrected chi connectivity index (χ3v) is 5.43. The minimum Gasteiger partial charge on any atom is -0.352 e. The van der Waals surface area contributed by atoms with Crippen molar-refractivity contribution in [2.75, 3.05) is 12.3 Å². The maximum Gasteiger partial charge on any atom is 0.263 e. The Balaban J connectivity index is 1.43. The fourth-order valence-electron chi connectivity index (χ4n) is 2.00. The van der Waals surface area contributed by atoms with Crippen LogP contribution >= 0.6 is 23.1 Å². The van der Waals surface area contributed by atoms with Gasteiger partial charge in [0.25, 0.3) is 11.5 Å². The van der Waals surface area contributed by atoms with Gasteiger partial charge in [-0.1, -0.05) is 23.1 Å². The van der Waals surface area contributed by atoms with Crippen molar-refractivity contribution >= 4 is 29.0 Å². The molecule has 2 aromatic heterocycles. The van der Waals surface area contributed by atoms with Gasteiger partial charge in [0.2, 0.25) is 0 Å². The smallest absolute Gasteiger partial charge is 0.263 e. The Bertz CT molecular complexity index is 754. The zero-order valence-corrected chi connectivity index (χ0v) is 14.3. The van der Waals surface area contributed by atoms with Gasteiger partial charge in [0.1, 0.15) is 16.4 Å². The van der Waals surface area contributed by atoms with Crippen molar-refractivity contribution < 1.29 is 4.79 Å². The summed E-state index contributed by atoms with van der Waals surface area (Å²) in [5.41, 5.74) is -0.292. The molecule has 3 rings (SSSR count). The molecule has 0 aromatic carbocycles. The van der Waals surface area contributed by atoms with Gasteiger partial charge in [0.15, 0.2) is 4.34 Å². The summed E-state index contributed by atoms with van der Waals surface area (Å²) in [5.74, 6) is 1.51. The fraction of sp³-hybridized carbons (Fsp3) is 0.500. The number of hydrogen-bond donors (Lipinski definition) is 2. The molecule has 1 saturated carbocycles. The van der Waals surface area contributed by atoms with Gasteiger partial charge in [-0.2, -0.15) is 0 Å². The van der Waals surface area contributed by atoms with Crippen molar-refractivity contribution in [3.8, 4) is 0 Å². The normalized spacial score (nSPS) is 14.0. The molecule has 1 fully saturated rings. The zero-order chi connectivity index (χ0) is 16.2. The predicted octanol–water partition coefficient (Wildman–Crippen LogP) is 1.72. The summed E-state index contributed by atoms with van der Waals surface area (Å²) in [6.07, 6.45) is 4.28. The molecule has 23 heavy (non-hydrogen) atoms. The van der Waals surface area contributed by atoms with Gasteiger partial charge in [-0.05, 0) is 26.2 Å². The molecule has 0 unspecified atom stereocenters. The Kier molecular flexibility index (Phi) is 5.06. The number of nitrogens with zero attached hydrogens (tertiary/aromatic N) is 3. The van der Waals surface area contributed by atoms with Crippen molar-refractivity contribution in [3.05, 3.63) is 32.9 Å². The Morgan fingerprint density at radius 1 is 1.48 bits per heavy atom. The second-order valence-electron chi connectivity index (χ2n) is 5.33. The Hall–Kier alpha value is -1.74. The molecule has 0 bridgehead atoms. The molecule has 9 heteroatoms. The lowest BCUT2D eigenvalue weighted by Crippen LogP contribution is -2.31. The standard InChI is InChI=1S/C14H17N5O2S2/c1-8-18-19-14(23-8)22-6-2-5-15-12(20)10-7-16-11(9-3-4-9)17-13(10)21/h7,9H,2-6H2,1H3,(H,15,20)(H,16,17,21). The van der Waals surface area contributed by atoms with E-state index in [1.807, 2.05) is 6.92 Å². The van der Waals surface area contributed by atoms with Crippen molar-refractivity contribution in [2.24, 2.45) is 0 Å². The van der Waals surface area contributed by atoms with Crippen LogP contribution in [-0.4, -0.2) is 38.4 Å². The van der Waals surface area contributed by atoms with E-state index in [2.05, 4.69) is 25.5 Å². The lowest BCUT2D eigenvalue weighted by Gasteiger charge is -2.04. The lowest BCUT2D eigenvalue weighted by atomic mass is 10.3. The number of carbonyl (C=O) groups excluding carboxylic acids is 1. The molecule has 1 aliphatic rings. The molecule has 0 saturated heterocycles.